The smallest absolute Gasteiger partial charge is 0.335 e. The highest BCUT2D eigenvalue weighted by Crippen LogP contribution is 2.32. The van der Waals surface area contributed by atoms with E-state index in [0.29, 0.717) is 18.8 Å². The van der Waals surface area contributed by atoms with Crippen LogP contribution in [0, 0.1) is 5.82 Å². The van der Waals surface area contributed by atoms with Gasteiger partial charge in [0.25, 0.3) is 0 Å². The summed E-state index contributed by atoms with van der Waals surface area (Å²) in [6.45, 7) is 1.06. The number of aryl methyl sites for hydroxylation is 1. The van der Waals surface area contributed by atoms with Crippen LogP contribution >= 0.6 is 0 Å². The van der Waals surface area contributed by atoms with Gasteiger partial charge in [0.05, 0.1) is 5.56 Å². The number of rotatable bonds is 9. The summed E-state index contributed by atoms with van der Waals surface area (Å²) >= 11 is 0. The molecular weight excluding hydrogens is 425 g/mol. The minimum absolute atomic E-state index is 0.0103. The number of nitrogens with one attached hydrogen (secondary N) is 1. The number of carbonyl (C=O) groups is 1. The van der Waals surface area contributed by atoms with Crippen molar-refractivity contribution in [1.82, 2.24) is 5.32 Å². The number of fused-ring (bicyclic) bond motifs is 1. The van der Waals surface area contributed by atoms with E-state index >= 15 is 0 Å². The number of aromatic carboxylic acids is 1. The van der Waals surface area contributed by atoms with E-state index in [1.165, 1.54) is 24.3 Å². The third-order valence-electron chi connectivity index (χ3n) is 5.54. The average Bonchev–Trinajstić information content (AvgIpc) is 2.83. The molecule has 0 amide bonds. The van der Waals surface area contributed by atoms with Crippen LogP contribution in [0.15, 0.2) is 66.7 Å². The van der Waals surface area contributed by atoms with Crippen LogP contribution in [0.3, 0.4) is 0 Å². The maximum atomic E-state index is 12.9. The molecule has 3 aromatic carbocycles. The highest BCUT2D eigenvalue weighted by Gasteiger charge is 2.20. The molecule has 2 atom stereocenters. The zero-order valence-corrected chi connectivity index (χ0v) is 18.0. The van der Waals surface area contributed by atoms with E-state index < -0.39 is 12.1 Å². The van der Waals surface area contributed by atoms with Crippen LogP contribution in [0.1, 0.15) is 22.3 Å². The van der Waals surface area contributed by atoms with Crippen LogP contribution in [0.2, 0.25) is 0 Å². The maximum absolute atomic E-state index is 12.9. The summed E-state index contributed by atoms with van der Waals surface area (Å²) < 4.78 is 24.5. The first-order valence-corrected chi connectivity index (χ1v) is 10.9. The van der Waals surface area contributed by atoms with Gasteiger partial charge in [-0.25, -0.2) is 9.18 Å². The molecule has 33 heavy (non-hydrogen) atoms. The second kappa shape index (κ2) is 10.5. The molecule has 0 aliphatic carbocycles. The van der Waals surface area contributed by atoms with Gasteiger partial charge in [0, 0.05) is 13.1 Å². The van der Waals surface area contributed by atoms with Gasteiger partial charge in [-0.15, -0.1) is 0 Å². The van der Waals surface area contributed by atoms with E-state index in [1.54, 1.807) is 18.2 Å². The Hall–Kier alpha value is -3.42. The fraction of sp³-hybridized carbons (Fsp3) is 0.269. The van der Waals surface area contributed by atoms with Crippen molar-refractivity contribution in [2.24, 2.45) is 0 Å². The van der Waals surface area contributed by atoms with Crippen molar-refractivity contribution in [1.29, 1.82) is 0 Å². The number of aliphatic hydroxyl groups excluding tert-OH is 1. The monoisotopic (exact) mass is 451 g/mol. The van der Waals surface area contributed by atoms with E-state index in [1.807, 2.05) is 18.2 Å². The molecule has 3 aromatic rings. The van der Waals surface area contributed by atoms with Crippen molar-refractivity contribution in [2.45, 2.75) is 25.0 Å². The lowest BCUT2D eigenvalue weighted by molar-refractivity contribution is 0.0697. The fourth-order valence-corrected chi connectivity index (χ4v) is 3.79. The molecule has 6 nitrogen and oxygen atoms in total. The number of carboxylic acids is 1. The van der Waals surface area contributed by atoms with E-state index in [4.69, 9.17) is 9.47 Å². The van der Waals surface area contributed by atoms with Crippen molar-refractivity contribution >= 4 is 5.97 Å². The lowest BCUT2D eigenvalue weighted by Crippen LogP contribution is -2.39. The molecule has 0 aromatic heterocycles. The molecule has 1 heterocycles. The first-order chi connectivity index (χ1) is 16.0. The Labute approximate surface area is 191 Å². The Kier molecular flexibility index (Phi) is 7.22. The van der Waals surface area contributed by atoms with Crippen LogP contribution in [0.4, 0.5) is 4.39 Å². The van der Waals surface area contributed by atoms with Gasteiger partial charge >= 0.3 is 5.97 Å². The minimum Gasteiger partial charge on any atom is -0.491 e. The predicted octanol–water partition coefficient (Wildman–Crippen LogP) is 3.91. The standard InChI is InChI=1S/C26H26FNO5/c27-21-6-9-23(10-7-21)32-16-22(29)14-28-15-24-8-4-19-12-18(5-11-25(19)33-24)17-2-1-3-20(13-17)26(30)31/h1-3,5-7,9-13,22,24,28-29H,4,8,14-16H2,(H,30,31)/t22-,24+/m0/s1. The Morgan fingerprint density at radius 2 is 1.91 bits per heavy atom. The Bertz CT molecular complexity index is 1100. The third kappa shape index (κ3) is 6.09. The Balaban J connectivity index is 1.25. The number of hydrogen-bond donors (Lipinski definition) is 3. The van der Waals surface area contributed by atoms with Gasteiger partial charge in [0.15, 0.2) is 0 Å². The highest BCUT2D eigenvalue weighted by atomic mass is 19.1. The normalized spacial score (nSPS) is 15.9. The Morgan fingerprint density at radius 3 is 2.70 bits per heavy atom. The molecule has 1 aliphatic heterocycles. The van der Waals surface area contributed by atoms with Gasteiger partial charge in [-0.05, 0) is 78.1 Å². The van der Waals surface area contributed by atoms with E-state index in [2.05, 4.69) is 11.4 Å². The van der Waals surface area contributed by atoms with Crippen LogP contribution in [0.5, 0.6) is 11.5 Å². The topological polar surface area (TPSA) is 88.0 Å². The SMILES string of the molecule is O=C(O)c1cccc(-c2ccc3c(c2)CC[C@H](CNC[C@H](O)COc2ccc(F)cc2)O3)c1. The Morgan fingerprint density at radius 1 is 1.12 bits per heavy atom. The molecule has 4 rings (SSSR count). The zero-order chi connectivity index (χ0) is 23.2. The second-order valence-electron chi connectivity index (χ2n) is 8.06. The van der Waals surface area contributed by atoms with Crippen molar-refractivity contribution in [3.63, 3.8) is 0 Å². The van der Waals surface area contributed by atoms with Crippen molar-refractivity contribution in [3.8, 4) is 22.6 Å². The summed E-state index contributed by atoms with van der Waals surface area (Å²) in [4.78, 5) is 11.2. The van der Waals surface area contributed by atoms with Gasteiger partial charge < -0.3 is 25.0 Å². The number of benzene rings is 3. The molecule has 0 fully saturated rings. The number of aliphatic hydroxyl groups is 1. The van der Waals surface area contributed by atoms with Crippen LogP contribution in [-0.4, -0.2) is 48.1 Å². The number of halogens is 1. The van der Waals surface area contributed by atoms with Crippen LogP contribution < -0.4 is 14.8 Å². The van der Waals surface area contributed by atoms with Crippen molar-refractivity contribution in [3.05, 3.63) is 83.7 Å². The molecule has 0 unspecified atom stereocenters. The lowest BCUT2D eigenvalue weighted by atomic mass is 9.96. The number of ether oxygens (including phenoxy) is 2. The summed E-state index contributed by atoms with van der Waals surface area (Å²) in [6, 6.07) is 18.5. The lowest BCUT2D eigenvalue weighted by Gasteiger charge is -2.27. The predicted molar refractivity (Wildman–Crippen MR) is 122 cm³/mol. The molecular formula is C26H26FNO5. The molecule has 0 radical (unpaired) electrons. The van der Waals surface area contributed by atoms with Crippen molar-refractivity contribution in [2.75, 3.05) is 19.7 Å². The van der Waals surface area contributed by atoms with E-state index in [0.717, 1.165) is 35.3 Å². The van der Waals surface area contributed by atoms with Gasteiger partial charge in [-0.3, -0.25) is 0 Å². The maximum Gasteiger partial charge on any atom is 0.335 e. The van der Waals surface area contributed by atoms with Gasteiger partial charge in [-0.2, -0.15) is 0 Å². The number of hydrogen-bond acceptors (Lipinski definition) is 5. The first kappa shape index (κ1) is 22.8. The quantitative estimate of drug-likeness (QED) is 0.457. The van der Waals surface area contributed by atoms with E-state index in [-0.39, 0.29) is 24.1 Å². The summed E-state index contributed by atoms with van der Waals surface area (Å²) in [6.07, 6.45) is 0.976. The van der Waals surface area contributed by atoms with E-state index in [9.17, 15) is 19.4 Å². The third-order valence-corrected chi connectivity index (χ3v) is 5.54. The minimum atomic E-state index is -0.944. The average molecular weight is 451 g/mol. The molecule has 3 N–H and O–H groups in total. The van der Waals surface area contributed by atoms with Crippen LogP contribution in [-0.2, 0) is 6.42 Å². The molecule has 1 aliphatic rings. The summed E-state index contributed by atoms with van der Waals surface area (Å²) in [5.74, 6) is 0.0611. The molecule has 172 valence electrons. The molecule has 0 bridgehead atoms. The fourth-order valence-electron chi connectivity index (χ4n) is 3.79. The largest absolute Gasteiger partial charge is 0.491 e. The molecule has 0 spiro atoms. The summed E-state index contributed by atoms with van der Waals surface area (Å²) in [5, 5.41) is 22.5. The second-order valence-corrected chi connectivity index (χ2v) is 8.06. The first-order valence-electron chi connectivity index (χ1n) is 10.9. The summed E-state index contributed by atoms with van der Waals surface area (Å²) in [5.41, 5.74) is 3.18. The van der Waals surface area contributed by atoms with Crippen LogP contribution in [0.25, 0.3) is 11.1 Å². The molecule has 0 saturated carbocycles. The molecule has 0 saturated heterocycles. The van der Waals surface area contributed by atoms with Gasteiger partial charge in [0.2, 0.25) is 0 Å². The zero-order valence-electron chi connectivity index (χ0n) is 18.0. The van der Waals surface area contributed by atoms with Gasteiger partial charge in [-0.1, -0.05) is 18.2 Å². The van der Waals surface area contributed by atoms with Gasteiger partial charge in [0.1, 0.15) is 36.1 Å². The molecule has 7 heteroatoms. The summed E-state index contributed by atoms with van der Waals surface area (Å²) in [7, 11) is 0. The van der Waals surface area contributed by atoms with Crippen molar-refractivity contribution < 1.29 is 28.9 Å². The number of carboxylic acid groups (broad SMARTS) is 1. The highest BCUT2D eigenvalue weighted by molar-refractivity contribution is 5.89.